The maximum Gasteiger partial charge on any atom is 0.264 e. The molecule has 2 heterocycles. The van der Waals surface area contributed by atoms with Gasteiger partial charge in [0.05, 0.1) is 15.3 Å². The van der Waals surface area contributed by atoms with E-state index >= 15 is 0 Å². The van der Waals surface area contributed by atoms with Gasteiger partial charge in [-0.1, -0.05) is 41.9 Å². The number of amides is 1. The van der Waals surface area contributed by atoms with Gasteiger partial charge in [0.25, 0.3) is 5.91 Å². The molecule has 0 radical (unpaired) electrons. The number of likely N-dealkylation sites (N-methyl/N-ethyl adjacent to an activating group) is 1. The van der Waals surface area contributed by atoms with E-state index in [0.29, 0.717) is 9.21 Å². The largest absolute Gasteiger partial charge is 0.328 e. The molecule has 0 N–H and O–H groups in total. The normalized spacial score (nSPS) is 19.7. The molecule has 1 aromatic heterocycles. The van der Waals surface area contributed by atoms with E-state index in [-0.39, 0.29) is 11.9 Å². The van der Waals surface area contributed by atoms with Crippen LogP contribution in [-0.4, -0.2) is 42.4 Å². The summed E-state index contributed by atoms with van der Waals surface area (Å²) in [7, 11) is 2.10. The Balaban J connectivity index is 1.89. The van der Waals surface area contributed by atoms with Crippen LogP contribution in [0.1, 0.15) is 21.3 Å². The van der Waals surface area contributed by atoms with Crippen molar-refractivity contribution in [2.45, 2.75) is 6.04 Å². The molecule has 0 spiro atoms. The van der Waals surface area contributed by atoms with Gasteiger partial charge in [0, 0.05) is 19.6 Å². The Hall–Kier alpha value is -1.36. The Kier molecular flexibility index (Phi) is 4.29. The fourth-order valence-electron chi connectivity index (χ4n) is 2.69. The van der Waals surface area contributed by atoms with Crippen LogP contribution in [-0.2, 0) is 0 Å². The molecular formula is C16H17ClN2OS. The summed E-state index contributed by atoms with van der Waals surface area (Å²) < 4.78 is 0.656. The van der Waals surface area contributed by atoms with Crippen molar-refractivity contribution in [2.24, 2.45) is 0 Å². The number of thiophene rings is 1. The average molecular weight is 321 g/mol. The second kappa shape index (κ2) is 6.18. The van der Waals surface area contributed by atoms with Crippen LogP contribution in [0.15, 0.2) is 42.5 Å². The summed E-state index contributed by atoms with van der Waals surface area (Å²) in [6.45, 7) is 2.49. The zero-order chi connectivity index (χ0) is 14.8. The molecule has 3 rings (SSSR count). The second-order valence-electron chi connectivity index (χ2n) is 5.29. The molecule has 21 heavy (non-hydrogen) atoms. The third kappa shape index (κ3) is 3.12. The highest BCUT2D eigenvalue weighted by Gasteiger charge is 2.31. The maximum absolute atomic E-state index is 12.8. The first-order chi connectivity index (χ1) is 10.1. The molecule has 1 aliphatic heterocycles. The fourth-order valence-corrected chi connectivity index (χ4v) is 3.69. The molecule has 1 amide bonds. The number of halogens is 1. The highest BCUT2D eigenvalue weighted by molar-refractivity contribution is 7.17. The van der Waals surface area contributed by atoms with Gasteiger partial charge in [-0.25, -0.2) is 0 Å². The number of carbonyl (C=O) groups excluding carboxylic acids is 1. The van der Waals surface area contributed by atoms with E-state index in [4.69, 9.17) is 11.6 Å². The lowest BCUT2D eigenvalue weighted by Gasteiger charge is -2.40. The molecule has 0 saturated carbocycles. The zero-order valence-electron chi connectivity index (χ0n) is 11.8. The number of hydrogen-bond donors (Lipinski definition) is 0. The molecule has 1 aliphatic rings. The van der Waals surface area contributed by atoms with Crippen LogP contribution in [0.3, 0.4) is 0 Å². The monoisotopic (exact) mass is 320 g/mol. The van der Waals surface area contributed by atoms with E-state index in [1.54, 1.807) is 6.07 Å². The van der Waals surface area contributed by atoms with Crippen molar-refractivity contribution in [1.29, 1.82) is 0 Å². The number of rotatable bonds is 2. The molecule has 5 heteroatoms. The van der Waals surface area contributed by atoms with Crippen molar-refractivity contribution in [1.82, 2.24) is 9.80 Å². The van der Waals surface area contributed by atoms with Gasteiger partial charge in [-0.3, -0.25) is 4.79 Å². The van der Waals surface area contributed by atoms with E-state index < -0.39 is 0 Å². The molecule has 1 aromatic carbocycles. The molecule has 1 saturated heterocycles. The number of benzene rings is 1. The van der Waals surface area contributed by atoms with Crippen LogP contribution in [0.5, 0.6) is 0 Å². The quantitative estimate of drug-likeness (QED) is 0.845. The highest BCUT2D eigenvalue weighted by Crippen LogP contribution is 2.29. The van der Waals surface area contributed by atoms with Crippen LogP contribution >= 0.6 is 22.9 Å². The van der Waals surface area contributed by atoms with Crippen LogP contribution < -0.4 is 0 Å². The molecule has 2 aromatic rings. The van der Waals surface area contributed by atoms with Crippen LogP contribution in [0, 0.1) is 0 Å². The van der Waals surface area contributed by atoms with Crippen molar-refractivity contribution >= 4 is 28.8 Å². The van der Waals surface area contributed by atoms with Gasteiger partial charge in [-0.2, -0.15) is 0 Å². The minimum atomic E-state index is 0.0776. The van der Waals surface area contributed by atoms with Crippen LogP contribution in [0.2, 0.25) is 4.34 Å². The summed E-state index contributed by atoms with van der Waals surface area (Å²) in [4.78, 5) is 17.7. The smallest absolute Gasteiger partial charge is 0.264 e. The van der Waals surface area contributed by atoms with Gasteiger partial charge in [0.2, 0.25) is 0 Å². The van der Waals surface area contributed by atoms with E-state index in [0.717, 1.165) is 19.6 Å². The van der Waals surface area contributed by atoms with Gasteiger partial charge in [0.1, 0.15) is 0 Å². The van der Waals surface area contributed by atoms with Crippen LogP contribution in [0.4, 0.5) is 0 Å². The maximum atomic E-state index is 12.8. The third-order valence-electron chi connectivity index (χ3n) is 3.81. The lowest BCUT2D eigenvalue weighted by molar-refractivity contribution is 0.0503. The molecule has 1 fully saturated rings. The molecule has 0 bridgehead atoms. The Bertz CT molecular complexity index is 628. The summed E-state index contributed by atoms with van der Waals surface area (Å²) in [5, 5.41) is 0. The molecule has 3 nitrogen and oxygen atoms in total. The second-order valence-corrected chi connectivity index (χ2v) is 7.01. The first kappa shape index (κ1) is 14.6. The number of piperazine rings is 1. The molecule has 1 unspecified atom stereocenters. The van der Waals surface area contributed by atoms with Crippen molar-refractivity contribution in [3.63, 3.8) is 0 Å². The number of hydrogen-bond acceptors (Lipinski definition) is 3. The first-order valence-corrected chi connectivity index (χ1v) is 8.14. The lowest BCUT2D eigenvalue weighted by Crippen LogP contribution is -2.49. The minimum absolute atomic E-state index is 0.0776. The van der Waals surface area contributed by atoms with Crippen molar-refractivity contribution < 1.29 is 4.79 Å². The summed E-state index contributed by atoms with van der Waals surface area (Å²) in [6.07, 6.45) is 0. The van der Waals surface area contributed by atoms with E-state index in [1.165, 1.54) is 16.9 Å². The Morgan fingerprint density at radius 3 is 2.62 bits per heavy atom. The Labute approximate surface area is 133 Å². The minimum Gasteiger partial charge on any atom is -0.328 e. The number of carbonyl (C=O) groups is 1. The predicted octanol–water partition coefficient (Wildman–Crippen LogP) is 3.53. The Morgan fingerprint density at radius 1 is 1.19 bits per heavy atom. The lowest BCUT2D eigenvalue weighted by atomic mass is 10.0. The fraction of sp³-hybridized carbons (Fsp3) is 0.312. The zero-order valence-corrected chi connectivity index (χ0v) is 13.4. The van der Waals surface area contributed by atoms with Crippen LogP contribution in [0.25, 0.3) is 0 Å². The third-order valence-corrected chi connectivity index (χ3v) is 5.03. The van der Waals surface area contributed by atoms with E-state index in [2.05, 4.69) is 24.1 Å². The van der Waals surface area contributed by atoms with Gasteiger partial charge < -0.3 is 9.80 Å². The molecule has 0 aliphatic carbocycles. The van der Waals surface area contributed by atoms with Crippen molar-refractivity contribution in [3.8, 4) is 0 Å². The molecule has 1 atom stereocenters. The average Bonchev–Trinajstić information content (AvgIpc) is 2.94. The predicted molar refractivity (Wildman–Crippen MR) is 87.0 cm³/mol. The Morgan fingerprint density at radius 2 is 1.95 bits per heavy atom. The van der Waals surface area contributed by atoms with Gasteiger partial charge >= 0.3 is 0 Å². The van der Waals surface area contributed by atoms with Gasteiger partial charge in [0.15, 0.2) is 0 Å². The number of nitrogens with zero attached hydrogens (tertiary/aromatic N) is 2. The van der Waals surface area contributed by atoms with Gasteiger partial charge in [-0.05, 0) is 24.7 Å². The SMILES string of the molecule is CN1CCN(C(=O)c2ccc(Cl)s2)C(c2ccccc2)C1. The summed E-state index contributed by atoms with van der Waals surface area (Å²) in [5.41, 5.74) is 1.18. The van der Waals surface area contributed by atoms with E-state index in [1.807, 2.05) is 29.2 Å². The summed E-state index contributed by atoms with van der Waals surface area (Å²) >= 11 is 7.31. The van der Waals surface area contributed by atoms with Gasteiger partial charge in [-0.15, -0.1) is 11.3 Å². The summed E-state index contributed by atoms with van der Waals surface area (Å²) in [5.74, 6) is 0.0776. The van der Waals surface area contributed by atoms with E-state index in [9.17, 15) is 4.79 Å². The topological polar surface area (TPSA) is 23.6 Å². The molecule has 110 valence electrons. The highest BCUT2D eigenvalue weighted by atomic mass is 35.5. The first-order valence-electron chi connectivity index (χ1n) is 6.95. The van der Waals surface area contributed by atoms with Crippen molar-refractivity contribution in [2.75, 3.05) is 26.7 Å². The molecular weight excluding hydrogens is 304 g/mol. The standard InChI is InChI=1S/C16H17ClN2OS/c1-18-9-10-19(16(20)14-7-8-15(17)21-14)13(11-18)12-5-3-2-4-6-12/h2-8,13H,9-11H2,1H3. The van der Waals surface area contributed by atoms with Crippen molar-refractivity contribution in [3.05, 3.63) is 57.2 Å². The summed E-state index contributed by atoms with van der Waals surface area (Å²) in [6, 6.07) is 13.9.